The fourth-order valence-corrected chi connectivity index (χ4v) is 4.20. The minimum absolute atomic E-state index is 0.0436. The van der Waals surface area contributed by atoms with Gasteiger partial charge >= 0.3 is 6.09 Å². The summed E-state index contributed by atoms with van der Waals surface area (Å²) >= 11 is 0. The number of aliphatic hydroxyl groups excluding tert-OH is 1. The standard InChI is InChI=1S/C24H27NO5/c1-15(2)11-21(22(27)24(13-26)14-30-24)25-23(28)29-12-20-18-9-5-3-7-16(18)17-8-4-6-10-19(17)20/h3-10,15,20-21,26H,11-14H2,1-2H3,(H,25,28)/t21-,24+/m0/s1. The van der Waals surface area contributed by atoms with Crippen LogP contribution in [-0.2, 0) is 14.3 Å². The number of benzene rings is 2. The summed E-state index contributed by atoms with van der Waals surface area (Å²) in [7, 11) is 0. The molecule has 1 aliphatic carbocycles. The number of aliphatic hydroxyl groups is 1. The van der Waals surface area contributed by atoms with Crippen LogP contribution in [0.2, 0.25) is 0 Å². The number of nitrogens with one attached hydrogen (secondary N) is 1. The van der Waals surface area contributed by atoms with Gasteiger partial charge in [0.25, 0.3) is 0 Å². The lowest BCUT2D eigenvalue weighted by molar-refractivity contribution is -0.127. The molecule has 2 atom stereocenters. The molecule has 0 unspecified atom stereocenters. The molecular weight excluding hydrogens is 382 g/mol. The van der Waals surface area contributed by atoms with E-state index in [9.17, 15) is 14.7 Å². The summed E-state index contributed by atoms with van der Waals surface area (Å²) in [4.78, 5) is 25.3. The summed E-state index contributed by atoms with van der Waals surface area (Å²) in [5.41, 5.74) is 3.41. The average molecular weight is 409 g/mol. The van der Waals surface area contributed by atoms with Crippen LogP contribution in [0.4, 0.5) is 4.79 Å². The molecule has 30 heavy (non-hydrogen) atoms. The molecule has 2 aromatic rings. The number of epoxide rings is 1. The zero-order valence-corrected chi connectivity index (χ0v) is 17.3. The Morgan fingerprint density at radius 3 is 2.20 bits per heavy atom. The summed E-state index contributed by atoms with van der Waals surface area (Å²) in [5, 5.41) is 12.2. The van der Waals surface area contributed by atoms with E-state index in [0.717, 1.165) is 22.3 Å². The van der Waals surface area contributed by atoms with Crippen LogP contribution in [-0.4, -0.2) is 48.4 Å². The van der Waals surface area contributed by atoms with Crippen molar-refractivity contribution in [3.05, 3.63) is 59.7 Å². The molecular formula is C24H27NO5. The van der Waals surface area contributed by atoms with Crippen molar-refractivity contribution in [2.24, 2.45) is 5.92 Å². The molecule has 0 bridgehead atoms. The number of carbonyl (C=O) groups is 2. The van der Waals surface area contributed by atoms with Crippen molar-refractivity contribution >= 4 is 11.9 Å². The van der Waals surface area contributed by atoms with Crippen LogP contribution >= 0.6 is 0 Å². The van der Waals surface area contributed by atoms with E-state index in [1.54, 1.807) is 0 Å². The summed E-state index contributed by atoms with van der Waals surface area (Å²) in [6.45, 7) is 3.93. The van der Waals surface area contributed by atoms with Gasteiger partial charge in [-0.2, -0.15) is 0 Å². The first-order valence-corrected chi connectivity index (χ1v) is 10.4. The van der Waals surface area contributed by atoms with Crippen LogP contribution in [0.1, 0.15) is 37.3 Å². The second kappa shape index (κ2) is 8.20. The van der Waals surface area contributed by atoms with E-state index in [-0.39, 0.29) is 37.4 Å². The van der Waals surface area contributed by atoms with E-state index in [4.69, 9.17) is 9.47 Å². The zero-order valence-electron chi connectivity index (χ0n) is 17.3. The van der Waals surface area contributed by atoms with Gasteiger partial charge in [-0.3, -0.25) is 4.79 Å². The highest BCUT2D eigenvalue weighted by Gasteiger charge is 2.54. The Kier molecular flexibility index (Phi) is 5.62. The molecule has 0 aromatic heterocycles. The Bertz CT molecular complexity index is 905. The number of carbonyl (C=O) groups excluding carboxylic acids is 2. The SMILES string of the molecule is CC(C)C[C@H](NC(=O)OCC1c2ccccc2-c2ccccc21)C(=O)[C@@]1(CO)CO1. The summed E-state index contributed by atoms with van der Waals surface area (Å²) in [6, 6.07) is 15.5. The smallest absolute Gasteiger partial charge is 0.407 e. The molecule has 0 saturated carbocycles. The molecule has 1 aliphatic heterocycles. The number of ketones is 1. The van der Waals surface area contributed by atoms with E-state index in [0.29, 0.717) is 6.42 Å². The Hall–Kier alpha value is -2.70. The first kappa shape index (κ1) is 20.6. The first-order valence-electron chi connectivity index (χ1n) is 10.4. The third-order valence-electron chi connectivity index (χ3n) is 5.86. The van der Waals surface area contributed by atoms with Crippen LogP contribution in [0.5, 0.6) is 0 Å². The second-order valence-corrected chi connectivity index (χ2v) is 8.46. The number of hydrogen-bond acceptors (Lipinski definition) is 5. The van der Waals surface area contributed by atoms with Gasteiger partial charge in [-0.25, -0.2) is 4.79 Å². The van der Waals surface area contributed by atoms with E-state index in [1.807, 2.05) is 38.1 Å². The molecule has 1 amide bonds. The Morgan fingerprint density at radius 2 is 1.70 bits per heavy atom. The number of alkyl carbamates (subject to hydrolysis) is 1. The normalized spacial score (nSPS) is 20.4. The van der Waals surface area contributed by atoms with Crippen molar-refractivity contribution in [2.75, 3.05) is 19.8 Å². The highest BCUT2D eigenvalue weighted by Crippen LogP contribution is 2.44. The lowest BCUT2D eigenvalue weighted by atomic mass is 9.93. The maximum absolute atomic E-state index is 12.8. The fraction of sp³-hybridized carbons (Fsp3) is 0.417. The van der Waals surface area contributed by atoms with Gasteiger partial charge in [0.2, 0.25) is 0 Å². The fourth-order valence-electron chi connectivity index (χ4n) is 4.20. The van der Waals surface area contributed by atoms with Crippen LogP contribution < -0.4 is 5.32 Å². The van der Waals surface area contributed by atoms with E-state index in [1.165, 1.54) is 0 Å². The third kappa shape index (κ3) is 3.85. The maximum Gasteiger partial charge on any atom is 0.407 e. The number of fused-ring (bicyclic) bond motifs is 3. The second-order valence-electron chi connectivity index (χ2n) is 8.46. The van der Waals surface area contributed by atoms with Gasteiger partial charge in [-0.15, -0.1) is 0 Å². The van der Waals surface area contributed by atoms with Crippen molar-refractivity contribution < 1.29 is 24.2 Å². The van der Waals surface area contributed by atoms with Gasteiger partial charge in [0, 0.05) is 5.92 Å². The van der Waals surface area contributed by atoms with Crippen molar-refractivity contribution in [2.45, 2.75) is 37.8 Å². The van der Waals surface area contributed by atoms with Crippen molar-refractivity contribution in [1.29, 1.82) is 0 Å². The molecule has 0 radical (unpaired) electrons. The number of rotatable bonds is 8. The molecule has 2 aromatic carbocycles. The molecule has 2 N–H and O–H groups in total. The van der Waals surface area contributed by atoms with Gasteiger partial charge in [-0.05, 0) is 34.6 Å². The van der Waals surface area contributed by atoms with Crippen LogP contribution in [0, 0.1) is 5.92 Å². The largest absolute Gasteiger partial charge is 0.449 e. The van der Waals surface area contributed by atoms with Crippen LogP contribution in [0.15, 0.2) is 48.5 Å². The summed E-state index contributed by atoms with van der Waals surface area (Å²) < 4.78 is 10.7. The Labute approximate surface area is 176 Å². The van der Waals surface area contributed by atoms with E-state index < -0.39 is 17.7 Å². The van der Waals surface area contributed by atoms with Gasteiger partial charge < -0.3 is 19.9 Å². The summed E-state index contributed by atoms with van der Waals surface area (Å²) in [5.74, 6) is -0.160. The molecule has 1 fully saturated rings. The molecule has 1 saturated heterocycles. The molecule has 6 heteroatoms. The van der Waals surface area contributed by atoms with Gasteiger partial charge in [-0.1, -0.05) is 62.4 Å². The van der Waals surface area contributed by atoms with Crippen molar-refractivity contribution in [1.82, 2.24) is 5.32 Å². The predicted molar refractivity (Wildman–Crippen MR) is 112 cm³/mol. The Balaban J connectivity index is 1.44. The molecule has 2 aliphatic rings. The minimum Gasteiger partial charge on any atom is -0.449 e. The lowest BCUT2D eigenvalue weighted by Crippen LogP contribution is -2.49. The van der Waals surface area contributed by atoms with E-state index >= 15 is 0 Å². The first-order chi connectivity index (χ1) is 14.4. The van der Waals surface area contributed by atoms with Crippen molar-refractivity contribution in [3.8, 4) is 11.1 Å². The minimum atomic E-state index is -1.17. The quantitative estimate of drug-likeness (QED) is 0.654. The lowest BCUT2D eigenvalue weighted by Gasteiger charge is -2.22. The van der Waals surface area contributed by atoms with Crippen molar-refractivity contribution in [3.63, 3.8) is 0 Å². The van der Waals surface area contributed by atoms with Crippen LogP contribution in [0.3, 0.4) is 0 Å². The number of amides is 1. The molecule has 1 heterocycles. The number of ether oxygens (including phenoxy) is 2. The molecule has 158 valence electrons. The topological polar surface area (TPSA) is 88.2 Å². The number of hydrogen-bond donors (Lipinski definition) is 2. The summed E-state index contributed by atoms with van der Waals surface area (Å²) in [6.07, 6.45) is -0.182. The van der Waals surface area contributed by atoms with Crippen LogP contribution in [0.25, 0.3) is 11.1 Å². The molecule has 4 rings (SSSR count). The van der Waals surface area contributed by atoms with Gasteiger partial charge in [0.1, 0.15) is 6.61 Å². The third-order valence-corrected chi connectivity index (χ3v) is 5.86. The molecule has 0 spiro atoms. The average Bonchev–Trinajstić information content (AvgIpc) is 3.48. The highest BCUT2D eigenvalue weighted by atomic mass is 16.6. The zero-order chi connectivity index (χ0) is 21.3. The van der Waals surface area contributed by atoms with Gasteiger partial charge in [0.15, 0.2) is 11.4 Å². The Morgan fingerprint density at radius 1 is 1.13 bits per heavy atom. The van der Waals surface area contributed by atoms with E-state index in [2.05, 4.69) is 29.6 Å². The number of Topliss-reactive ketones (excluding diaryl/α,β-unsaturated/α-hetero) is 1. The van der Waals surface area contributed by atoms with Gasteiger partial charge in [0.05, 0.1) is 19.3 Å². The monoisotopic (exact) mass is 409 g/mol. The predicted octanol–water partition coefficient (Wildman–Crippen LogP) is 3.27. The highest BCUT2D eigenvalue weighted by molar-refractivity contribution is 5.96. The molecule has 6 nitrogen and oxygen atoms in total. The maximum atomic E-state index is 12.8.